The van der Waals surface area contributed by atoms with E-state index in [4.69, 9.17) is 4.74 Å². The van der Waals surface area contributed by atoms with E-state index in [9.17, 15) is 0 Å². The first kappa shape index (κ1) is 13.1. The molecular formula is C13H19NOS. The monoisotopic (exact) mass is 237 g/mol. The molecule has 1 atom stereocenters. The topological polar surface area (TPSA) is 21.3 Å². The van der Waals surface area contributed by atoms with E-state index in [0.29, 0.717) is 6.04 Å². The Bertz CT molecular complexity index is 361. The average molecular weight is 237 g/mol. The Morgan fingerprint density at radius 2 is 2.38 bits per heavy atom. The lowest BCUT2D eigenvalue weighted by Gasteiger charge is -2.14. The Kier molecular flexibility index (Phi) is 5.99. The van der Waals surface area contributed by atoms with Crippen LogP contribution < -0.4 is 10.1 Å². The predicted molar refractivity (Wildman–Crippen MR) is 70.0 cm³/mol. The second-order valence-corrected chi connectivity index (χ2v) is 4.41. The number of nitrogens with one attached hydrogen (secondary N) is 1. The minimum atomic E-state index is 0.403. The fraction of sp³-hybridized carbons (Fsp3) is 0.538. The van der Waals surface area contributed by atoms with Crippen molar-refractivity contribution in [2.75, 3.05) is 13.7 Å². The molecule has 1 heterocycles. The summed E-state index contributed by atoms with van der Waals surface area (Å²) in [4.78, 5) is 1.33. The van der Waals surface area contributed by atoms with Crippen molar-refractivity contribution < 1.29 is 4.74 Å². The van der Waals surface area contributed by atoms with E-state index in [-0.39, 0.29) is 0 Å². The molecule has 0 radical (unpaired) electrons. The van der Waals surface area contributed by atoms with Gasteiger partial charge in [0.05, 0.1) is 7.11 Å². The van der Waals surface area contributed by atoms with E-state index in [1.165, 1.54) is 4.88 Å². The van der Waals surface area contributed by atoms with Crippen molar-refractivity contribution in [3.05, 3.63) is 16.3 Å². The van der Waals surface area contributed by atoms with Gasteiger partial charge in [-0.2, -0.15) is 0 Å². The zero-order valence-electron chi connectivity index (χ0n) is 10.2. The number of thiophene rings is 1. The second kappa shape index (κ2) is 7.32. The number of ether oxygens (including phenoxy) is 1. The lowest BCUT2D eigenvalue weighted by Crippen LogP contribution is -2.19. The van der Waals surface area contributed by atoms with E-state index in [0.717, 1.165) is 25.1 Å². The molecule has 0 aliphatic carbocycles. The molecule has 88 valence electrons. The average Bonchev–Trinajstić information content (AvgIpc) is 2.76. The van der Waals surface area contributed by atoms with Crippen LogP contribution in [0.5, 0.6) is 5.75 Å². The highest BCUT2D eigenvalue weighted by Gasteiger charge is 2.12. The van der Waals surface area contributed by atoms with E-state index >= 15 is 0 Å². The van der Waals surface area contributed by atoms with Crippen LogP contribution in [0.3, 0.4) is 0 Å². The third-order valence-electron chi connectivity index (χ3n) is 2.36. The minimum Gasteiger partial charge on any atom is -0.496 e. The molecule has 1 unspecified atom stereocenters. The molecule has 0 bridgehead atoms. The van der Waals surface area contributed by atoms with Crippen LogP contribution in [0.4, 0.5) is 0 Å². The smallest absolute Gasteiger partial charge is 0.129 e. The van der Waals surface area contributed by atoms with Gasteiger partial charge in [-0.15, -0.1) is 23.2 Å². The molecule has 0 aliphatic heterocycles. The summed E-state index contributed by atoms with van der Waals surface area (Å²) in [7, 11) is 1.71. The molecule has 1 aromatic heterocycles. The summed E-state index contributed by atoms with van der Waals surface area (Å²) in [6.07, 6.45) is 1.99. The highest BCUT2D eigenvalue weighted by atomic mass is 32.1. The summed E-state index contributed by atoms with van der Waals surface area (Å²) in [5.74, 6) is 6.99. The number of hydrogen-bond acceptors (Lipinski definition) is 3. The van der Waals surface area contributed by atoms with Crippen LogP contribution in [0.2, 0.25) is 0 Å². The molecule has 0 aromatic carbocycles. The van der Waals surface area contributed by atoms with Gasteiger partial charge in [0, 0.05) is 22.7 Å². The second-order valence-electron chi connectivity index (χ2n) is 3.46. The van der Waals surface area contributed by atoms with Crippen molar-refractivity contribution in [3.63, 3.8) is 0 Å². The Labute approximate surface area is 102 Å². The molecule has 0 aliphatic rings. The molecule has 0 saturated heterocycles. The summed E-state index contributed by atoms with van der Waals surface area (Å²) in [6.45, 7) is 4.99. The molecule has 3 heteroatoms. The van der Waals surface area contributed by atoms with E-state index in [1.807, 2.05) is 12.3 Å². The first-order chi connectivity index (χ1) is 7.81. The Morgan fingerprint density at radius 1 is 1.56 bits per heavy atom. The van der Waals surface area contributed by atoms with Crippen molar-refractivity contribution in [1.29, 1.82) is 0 Å². The van der Waals surface area contributed by atoms with Crippen LogP contribution in [0.1, 0.15) is 37.6 Å². The van der Waals surface area contributed by atoms with Crippen LogP contribution in [-0.2, 0) is 0 Å². The van der Waals surface area contributed by atoms with Gasteiger partial charge in [-0.25, -0.2) is 0 Å². The van der Waals surface area contributed by atoms with Gasteiger partial charge in [0.25, 0.3) is 0 Å². The fourth-order valence-corrected chi connectivity index (χ4v) is 2.52. The minimum absolute atomic E-state index is 0.403. The van der Waals surface area contributed by atoms with Crippen molar-refractivity contribution in [2.24, 2.45) is 0 Å². The van der Waals surface area contributed by atoms with Crippen LogP contribution >= 0.6 is 11.3 Å². The normalized spacial score (nSPS) is 11.7. The Balaban J connectivity index is 2.63. The molecule has 0 amide bonds. The van der Waals surface area contributed by atoms with Crippen LogP contribution in [0.15, 0.2) is 11.4 Å². The number of methoxy groups -OCH3 is 1. The lowest BCUT2D eigenvalue weighted by molar-refractivity contribution is 0.415. The molecule has 16 heavy (non-hydrogen) atoms. The van der Waals surface area contributed by atoms with Crippen molar-refractivity contribution in [3.8, 4) is 17.6 Å². The molecule has 0 saturated carbocycles. The molecular weight excluding hydrogens is 218 g/mol. The third-order valence-corrected chi connectivity index (χ3v) is 3.38. The first-order valence-corrected chi connectivity index (χ1v) is 6.45. The van der Waals surface area contributed by atoms with Gasteiger partial charge >= 0.3 is 0 Å². The van der Waals surface area contributed by atoms with Gasteiger partial charge in [0.15, 0.2) is 0 Å². The molecule has 1 aromatic rings. The molecule has 0 fully saturated rings. The Morgan fingerprint density at radius 3 is 2.94 bits per heavy atom. The van der Waals surface area contributed by atoms with Gasteiger partial charge in [0.2, 0.25) is 0 Å². The highest BCUT2D eigenvalue weighted by Crippen LogP contribution is 2.29. The molecule has 1 rings (SSSR count). The zero-order chi connectivity index (χ0) is 11.8. The zero-order valence-corrected chi connectivity index (χ0v) is 11.0. The lowest BCUT2D eigenvalue weighted by atomic mass is 10.1. The summed E-state index contributed by atoms with van der Waals surface area (Å²) < 4.78 is 5.20. The fourth-order valence-electron chi connectivity index (χ4n) is 1.56. The summed E-state index contributed by atoms with van der Waals surface area (Å²) in [6, 6.07) is 2.51. The highest BCUT2D eigenvalue weighted by molar-refractivity contribution is 7.10. The first-order valence-electron chi connectivity index (χ1n) is 5.57. The van der Waals surface area contributed by atoms with Gasteiger partial charge in [-0.1, -0.05) is 6.92 Å². The van der Waals surface area contributed by atoms with Crippen LogP contribution in [0, 0.1) is 11.8 Å². The van der Waals surface area contributed by atoms with Gasteiger partial charge in [0.1, 0.15) is 5.75 Å². The Hall–Kier alpha value is -0.980. The molecule has 1 N–H and O–H groups in total. The summed E-state index contributed by atoms with van der Waals surface area (Å²) in [5.41, 5.74) is 0. The summed E-state index contributed by atoms with van der Waals surface area (Å²) >= 11 is 1.74. The van der Waals surface area contributed by atoms with Crippen molar-refractivity contribution >= 4 is 11.3 Å². The quantitative estimate of drug-likeness (QED) is 0.767. The number of hydrogen-bond donors (Lipinski definition) is 1. The number of rotatable bonds is 6. The van der Waals surface area contributed by atoms with Crippen molar-refractivity contribution in [1.82, 2.24) is 5.32 Å². The predicted octanol–water partition coefficient (Wildman–Crippen LogP) is 3.21. The molecule has 0 spiro atoms. The van der Waals surface area contributed by atoms with E-state index in [2.05, 4.69) is 30.1 Å². The third kappa shape index (κ3) is 3.88. The van der Waals surface area contributed by atoms with Gasteiger partial charge in [-0.3, -0.25) is 0 Å². The maximum atomic E-state index is 5.20. The van der Waals surface area contributed by atoms with Gasteiger partial charge < -0.3 is 10.1 Å². The van der Waals surface area contributed by atoms with Crippen molar-refractivity contribution in [2.45, 2.75) is 32.7 Å². The van der Waals surface area contributed by atoms with Crippen LogP contribution in [-0.4, -0.2) is 13.7 Å². The standard InChI is InChI=1S/C13H19NOS/c1-4-6-7-8-12(14-5-2)13-9-11(15-3)10-16-13/h9-10,12,14H,5,7-8H2,1-3H3. The van der Waals surface area contributed by atoms with Gasteiger partial charge in [-0.05, 0) is 26.0 Å². The molecule has 2 nitrogen and oxygen atoms in total. The van der Waals surface area contributed by atoms with Crippen LogP contribution in [0.25, 0.3) is 0 Å². The van der Waals surface area contributed by atoms with E-state index < -0.39 is 0 Å². The SMILES string of the molecule is CC#CCCC(NCC)c1cc(OC)cs1. The maximum Gasteiger partial charge on any atom is 0.129 e. The van der Waals surface area contributed by atoms with E-state index in [1.54, 1.807) is 18.4 Å². The summed E-state index contributed by atoms with van der Waals surface area (Å²) in [5, 5.41) is 5.53. The maximum absolute atomic E-state index is 5.20. The largest absolute Gasteiger partial charge is 0.496 e.